The molecule has 2 aliphatic rings. The predicted molar refractivity (Wildman–Crippen MR) is 140 cm³/mol. The molecule has 5 rings (SSSR count). The van der Waals surface area contributed by atoms with Crippen molar-refractivity contribution >= 4 is 17.1 Å². The molecule has 0 spiro atoms. The molecule has 11 nitrogen and oxygen atoms in total. The van der Waals surface area contributed by atoms with Crippen LogP contribution in [0.1, 0.15) is 45.0 Å². The number of nitrogens with one attached hydrogen (secondary N) is 1. The van der Waals surface area contributed by atoms with Gasteiger partial charge in [-0.2, -0.15) is 0 Å². The maximum absolute atomic E-state index is 13.6. The number of carbonyl (C=O) groups excluding carboxylic acids is 1. The molecular formula is C27H32F2N6O5. The van der Waals surface area contributed by atoms with Crippen molar-refractivity contribution < 1.29 is 27.8 Å². The number of halogens is 2. The Hall–Kier alpha value is -3.87. The van der Waals surface area contributed by atoms with Crippen LogP contribution in [0.25, 0.3) is 11.0 Å². The van der Waals surface area contributed by atoms with Gasteiger partial charge in [0.05, 0.1) is 23.3 Å². The maximum atomic E-state index is 13.6. The highest BCUT2D eigenvalue weighted by Gasteiger charge is 2.32. The number of benzene rings is 1. The van der Waals surface area contributed by atoms with Crippen molar-refractivity contribution in [3.05, 3.63) is 51.6 Å². The van der Waals surface area contributed by atoms with Gasteiger partial charge in [0.15, 0.2) is 17.4 Å². The maximum Gasteiger partial charge on any atom is 0.410 e. The molecular weight excluding hydrogens is 526 g/mol. The molecule has 13 heteroatoms. The summed E-state index contributed by atoms with van der Waals surface area (Å²) >= 11 is 0. The highest BCUT2D eigenvalue weighted by atomic mass is 19.2. The normalized spacial score (nSPS) is 16.2. The smallest absolute Gasteiger partial charge is 0.410 e. The first-order valence-electron chi connectivity index (χ1n) is 13.3. The molecule has 1 N–H and O–H groups in total. The number of piperidine rings is 1. The molecule has 2 aromatic heterocycles. The minimum absolute atomic E-state index is 0.0961. The number of ether oxygens (including phenoxy) is 3. The molecule has 4 heterocycles. The number of aromatic amines is 1. The topological polar surface area (TPSA) is 123 Å². The summed E-state index contributed by atoms with van der Waals surface area (Å²) in [6.45, 7) is 8.42. The largest absolute Gasteiger partial charge is 0.484 e. The van der Waals surface area contributed by atoms with Crippen molar-refractivity contribution in [2.45, 2.75) is 58.2 Å². The van der Waals surface area contributed by atoms with Crippen LogP contribution in [0.2, 0.25) is 0 Å². The van der Waals surface area contributed by atoms with Crippen molar-refractivity contribution in [2.24, 2.45) is 0 Å². The first-order valence-corrected chi connectivity index (χ1v) is 13.3. The van der Waals surface area contributed by atoms with Crippen LogP contribution >= 0.6 is 0 Å². The molecule has 3 aromatic rings. The van der Waals surface area contributed by atoms with E-state index in [9.17, 15) is 18.4 Å². The Balaban J connectivity index is 1.24. The van der Waals surface area contributed by atoms with Crippen LogP contribution in [0.5, 0.6) is 11.6 Å². The van der Waals surface area contributed by atoms with Gasteiger partial charge in [-0.15, -0.1) is 10.2 Å². The molecule has 0 aliphatic carbocycles. The molecule has 1 fully saturated rings. The summed E-state index contributed by atoms with van der Waals surface area (Å²) in [5.74, 6) is -1.22. The van der Waals surface area contributed by atoms with Gasteiger partial charge in [0.25, 0.3) is 11.4 Å². The summed E-state index contributed by atoms with van der Waals surface area (Å²) in [4.78, 5) is 36.4. The number of hydrogen-bond donors (Lipinski definition) is 1. The van der Waals surface area contributed by atoms with E-state index >= 15 is 0 Å². The summed E-state index contributed by atoms with van der Waals surface area (Å²) in [7, 11) is 0. The van der Waals surface area contributed by atoms with Crippen molar-refractivity contribution in [1.29, 1.82) is 0 Å². The van der Waals surface area contributed by atoms with Crippen LogP contribution in [-0.2, 0) is 17.7 Å². The van der Waals surface area contributed by atoms with E-state index in [1.54, 1.807) is 11.0 Å². The number of nitrogens with zero attached hydrogens (tertiary/aromatic N) is 5. The van der Waals surface area contributed by atoms with E-state index in [1.165, 1.54) is 0 Å². The summed E-state index contributed by atoms with van der Waals surface area (Å²) in [5.41, 5.74) is 0.0814. The highest BCUT2D eigenvalue weighted by molar-refractivity contribution is 5.74. The van der Waals surface area contributed by atoms with Gasteiger partial charge in [0.2, 0.25) is 0 Å². The van der Waals surface area contributed by atoms with Gasteiger partial charge in [-0.05, 0) is 33.6 Å². The summed E-state index contributed by atoms with van der Waals surface area (Å²) in [6, 6.07) is 3.55. The Morgan fingerprint density at radius 1 is 1.12 bits per heavy atom. The molecule has 2 aliphatic heterocycles. The van der Waals surface area contributed by atoms with Gasteiger partial charge in [-0.3, -0.25) is 9.69 Å². The minimum atomic E-state index is -1.04. The second-order valence-corrected chi connectivity index (χ2v) is 10.9. The molecule has 0 radical (unpaired) electrons. The Morgan fingerprint density at radius 2 is 1.85 bits per heavy atom. The van der Waals surface area contributed by atoms with Gasteiger partial charge in [0.1, 0.15) is 24.5 Å². The molecule has 40 heavy (non-hydrogen) atoms. The van der Waals surface area contributed by atoms with E-state index in [-0.39, 0.29) is 29.3 Å². The van der Waals surface area contributed by atoms with Crippen molar-refractivity contribution in [3.63, 3.8) is 0 Å². The predicted octanol–water partition coefficient (Wildman–Crippen LogP) is 3.21. The zero-order valence-corrected chi connectivity index (χ0v) is 22.7. The molecule has 1 saturated heterocycles. The van der Waals surface area contributed by atoms with Crippen LogP contribution in [0.3, 0.4) is 0 Å². The van der Waals surface area contributed by atoms with E-state index < -0.39 is 28.9 Å². The molecule has 1 amide bonds. The van der Waals surface area contributed by atoms with Gasteiger partial charge in [-0.1, -0.05) is 0 Å². The second kappa shape index (κ2) is 11.3. The monoisotopic (exact) mass is 558 g/mol. The fourth-order valence-electron chi connectivity index (χ4n) is 4.82. The average molecular weight is 559 g/mol. The molecule has 0 saturated carbocycles. The first kappa shape index (κ1) is 27.7. The number of hydrogen-bond acceptors (Lipinski definition) is 9. The van der Waals surface area contributed by atoms with Crippen LogP contribution in [0.15, 0.2) is 23.0 Å². The lowest BCUT2D eigenvalue weighted by Gasteiger charge is -2.39. The summed E-state index contributed by atoms with van der Waals surface area (Å²) in [6.07, 6.45) is 1.28. The molecule has 214 valence electrons. The van der Waals surface area contributed by atoms with Crippen molar-refractivity contribution in [3.8, 4) is 11.6 Å². The number of rotatable bonds is 6. The zero-order chi connectivity index (χ0) is 28.4. The Bertz CT molecular complexity index is 1450. The fraction of sp³-hybridized carbons (Fsp3) is 0.519. The quantitative estimate of drug-likeness (QED) is 0.486. The van der Waals surface area contributed by atoms with Gasteiger partial charge < -0.3 is 24.1 Å². The lowest BCUT2D eigenvalue weighted by Crippen LogP contribution is -2.49. The van der Waals surface area contributed by atoms with Crippen molar-refractivity contribution in [2.75, 3.05) is 32.8 Å². The standard InChI is InChI=1S/C27H32F2N6O5/c1-27(2,3)40-26(37)35(15-16-12-23-25(33-32-16)39-11-10-38-23)17-4-7-34(8-5-17)9-6-20-24(36)31-22-14-19(29)18(28)13-21(22)30-20/h12-14,17H,4-11,15H2,1-3H3,(H,31,36). The Morgan fingerprint density at radius 3 is 2.60 bits per heavy atom. The first-order chi connectivity index (χ1) is 19.1. The van der Waals surface area contributed by atoms with Crippen molar-refractivity contribution in [1.82, 2.24) is 30.0 Å². The van der Waals surface area contributed by atoms with Crippen LogP contribution in [0.4, 0.5) is 13.6 Å². The number of carbonyl (C=O) groups is 1. The van der Waals surface area contributed by atoms with E-state index in [4.69, 9.17) is 14.2 Å². The number of amides is 1. The molecule has 1 aromatic carbocycles. The van der Waals surface area contributed by atoms with Gasteiger partial charge >= 0.3 is 6.09 Å². The molecule has 0 atom stereocenters. The number of likely N-dealkylation sites (tertiary alicyclic amines) is 1. The molecule has 0 unspecified atom stereocenters. The van der Waals surface area contributed by atoms with Gasteiger partial charge in [0, 0.05) is 50.3 Å². The minimum Gasteiger partial charge on any atom is -0.484 e. The lowest BCUT2D eigenvalue weighted by atomic mass is 10.0. The summed E-state index contributed by atoms with van der Waals surface area (Å²) < 4.78 is 43.9. The third kappa shape index (κ3) is 6.46. The number of aromatic nitrogens is 4. The average Bonchev–Trinajstić information content (AvgIpc) is 2.91. The third-order valence-corrected chi connectivity index (χ3v) is 6.78. The van der Waals surface area contributed by atoms with Crippen LogP contribution in [0, 0.1) is 11.6 Å². The van der Waals surface area contributed by atoms with Crippen LogP contribution in [-0.4, -0.2) is 80.5 Å². The Labute approximate surface area is 229 Å². The number of fused-ring (bicyclic) bond motifs is 2. The SMILES string of the molecule is CC(C)(C)OC(=O)N(Cc1cc2c(nn1)OCCO2)C1CCN(CCc2nc3cc(F)c(F)cc3[nH]c2=O)CC1. The highest BCUT2D eigenvalue weighted by Crippen LogP contribution is 2.28. The Kier molecular flexibility index (Phi) is 7.83. The zero-order valence-electron chi connectivity index (χ0n) is 22.7. The van der Waals surface area contributed by atoms with E-state index in [2.05, 4.69) is 25.1 Å². The van der Waals surface area contributed by atoms with Gasteiger partial charge in [-0.25, -0.2) is 18.6 Å². The number of H-pyrrole nitrogens is 1. The third-order valence-electron chi connectivity index (χ3n) is 6.78. The van der Waals surface area contributed by atoms with Crippen LogP contribution < -0.4 is 15.0 Å². The summed E-state index contributed by atoms with van der Waals surface area (Å²) in [5, 5.41) is 8.32. The van der Waals surface area contributed by atoms with E-state index in [0.717, 1.165) is 12.1 Å². The lowest BCUT2D eigenvalue weighted by molar-refractivity contribution is 0.00539. The fourth-order valence-corrected chi connectivity index (χ4v) is 4.82. The van der Waals surface area contributed by atoms with E-state index in [0.29, 0.717) is 69.4 Å². The molecule has 0 bridgehead atoms. The second-order valence-electron chi connectivity index (χ2n) is 10.9. The van der Waals surface area contributed by atoms with E-state index in [1.807, 2.05) is 20.8 Å².